The molecule has 1 fully saturated rings. The number of benzene rings is 2. The highest BCUT2D eigenvalue weighted by Crippen LogP contribution is 2.54. The lowest BCUT2D eigenvalue weighted by Crippen LogP contribution is -2.30. The van der Waals surface area contributed by atoms with Gasteiger partial charge in [-0.1, -0.05) is 0 Å². The van der Waals surface area contributed by atoms with Gasteiger partial charge in [-0.3, -0.25) is 9.59 Å². The van der Waals surface area contributed by atoms with Crippen LogP contribution in [-0.4, -0.2) is 28.9 Å². The van der Waals surface area contributed by atoms with Crippen LogP contribution in [0.5, 0.6) is 17.2 Å². The second-order valence-corrected chi connectivity index (χ2v) is 8.22. The first kappa shape index (κ1) is 19.7. The zero-order valence-corrected chi connectivity index (χ0v) is 17.1. The van der Waals surface area contributed by atoms with Gasteiger partial charge in [-0.15, -0.1) is 0 Å². The third kappa shape index (κ3) is 3.36. The average Bonchev–Trinajstić information content (AvgIpc) is 3.32. The van der Waals surface area contributed by atoms with Crippen LogP contribution < -0.4 is 20.1 Å². The van der Waals surface area contributed by atoms with E-state index < -0.39 is 17.5 Å². The second kappa shape index (κ2) is 7.26. The minimum Gasteiger partial charge on any atom is -0.487 e. The highest BCUT2D eigenvalue weighted by molar-refractivity contribution is 5.95. The van der Waals surface area contributed by atoms with Gasteiger partial charge in [0.15, 0.2) is 11.6 Å². The summed E-state index contributed by atoms with van der Waals surface area (Å²) >= 11 is 0. The van der Waals surface area contributed by atoms with Gasteiger partial charge in [0.2, 0.25) is 5.91 Å². The molecule has 2 aromatic carbocycles. The van der Waals surface area contributed by atoms with Gasteiger partial charge < -0.3 is 20.1 Å². The van der Waals surface area contributed by atoms with Crippen LogP contribution in [0, 0.1) is 11.6 Å². The number of aromatic nitrogens is 1. The van der Waals surface area contributed by atoms with Gasteiger partial charge in [0.1, 0.15) is 29.2 Å². The first-order valence-electron chi connectivity index (χ1n) is 10.5. The van der Waals surface area contributed by atoms with Gasteiger partial charge in [0.25, 0.3) is 5.91 Å². The first-order chi connectivity index (χ1) is 16.0. The molecule has 7 nitrogen and oxygen atoms in total. The van der Waals surface area contributed by atoms with E-state index >= 15 is 0 Å². The predicted octanol–water partition coefficient (Wildman–Crippen LogP) is 3.69. The van der Waals surface area contributed by atoms with Crippen LogP contribution in [0.15, 0.2) is 48.7 Å². The fourth-order valence-corrected chi connectivity index (χ4v) is 4.43. The average molecular weight is 449 g/mol. The van der Waals surface area contributed by atoms with Crippen LogP contribution in [0.3, 0.4) is 0 Å². The monoisotopic (exact) mass is 449 g/mol. The third-order valence-corrected chi connectivity index (χ3v) is 6.14. The van der Waals surface area contributed by atoms with Gasteiger partial charge in [-0.05, 0) is 48.9 Å². The molecule has 2 amide bonds. The smallest absolute Gasteiger partial charge is 0.251 e. The van der Waals surface area contributed by atoms with E-state index in [1.165, 1.54) is 6.07 Å². The Bertz CT molecular complexity index is 1330. The Morgan fingerprint density at radius 1 is 1.12 bits per heavy atom. The number of ether oxygens (including phenoxy) is 2. The Morgan fingerprint density at radius 2 is 2.00 bits per heavy atom. The van der Waals surface area contributed by atoms with Crippen molar-refractivity contribution in [3.8, 4) is 17.2 Å². The van der Waals surface area contributed by atoms with Crippen LogP contribution >= 0.6 is 0 Å². The molecule has 0 unspecified atom stereocenters. The quantitative estimate of drug-likeness (QED) is 0.634. The van der Waals surface area contributed by atoms with Gasteiger partial charge in [-0.25, -0.2) is 13.8 Å². The Kier molecular flexibility index (Phi) is 4.33. The predicted molar refractivity (Wildman–Crippen MR) is 112 cm³/mol. The summed E-state index contributed by atoms with van der Waals surface area (Å²) in [6, 6.07) is 10.0. The molecule has 3 aromatic rings. The molecule has 0 radical (unpaired) electrons. The molecular formula is C24H17F2N3O4. The number of hydrogen-bond donors (Lipinski definition) is 2. The van der Waals surface area contributed by atoms with E-state index in [2.05, 4.69) is 15.6 Å². The Morgan fingerprint density at radius 3 is 2.85 bits per heavy atom. The van der Waals surface area contributed by atoms with Crippen LogP contribution in [0.25, 0.3) is 0 Å². The van der Waals surface area contributed by atoms with E-state index in [0.717, 1.165) is 29.0 Å². The number of fused-ring (bicyclic) bond motifs is 4. The van der Waals surface area contributed by atoms with Crippen LogP contribution in [-0.2, 0) is 11.2 Å². The Hall–Kier alpha value is -4.01. The van der Waals surface area contributed by atoms with Gasteiger partial charge >= 0.3 is 0 Å². The fraction of sp³-hybridized carbons (Fsp3) is 0.208. The summed E-state index contributed by atoms with van der Waals surface area (Å²) in [5.74, 6) is -0.235. The molecule has 3 heterocycles. The summed E-state index contributed by atoms with van der Waals surface area (Å²) in [4.78, 5) is 28.3. The molecule has 2 aliphatic heterocycles. The molecule has 2 N–H and O–H groups in total. The third-order valence-electron chi connectivity index (χ3n) is 6.14. The van der Waals surface area contributed by atoms with Gasteiger partial charge in [-0.2, -0.15) is 0 Å². The summed E-state index contributed by atoms with van der Waals surface area (Å²) in [7, 11) is 0. The number of nitrogens with one attached hydrogen (secondary N) is 2. The highest BCUT2D eigenvalue weighted by atomic mass is 19.2. The largest absolute Gasteiger partial charge is 0.487 e. The van der Waals surface area contributed by atoms with Crippen molar-refractivity contribution in [1.29, 1.82) is 0 Å². The zero-order valence-electron chi connectivity index (χ0n) is 17.1. The molecule has 0 spiro atoms. The highest BCUT2D eigenvalue weighted by Gasteiger charge is 2.59. The van der Waals surface area contributed by atoms with Crippen LogP contribution in [0.4, 0.5) is 14.6 Å². The summed E-state index contributed by atoms with van der Waals surface area (Å²) in [6.07, 6.45) is 2.28. The lowest BCUT2D eigenvalue weighted by Gasteiger charge is -2.19. The van der Waals surface area contributed by atoms with Crippen molar-refractivity contribution in [1.82, 2.24) is 10.3 Å². The first-order valence-corrected chi connectivity index (χ1v) is 10.5. The number of amides is 2. The van der Waals surface area contributed by atoms with Crippen LogP contribution in [0.2, 0.25) is 0 Å². The maximum absolute atomic E-state index is 13.5. The van der Waals surface area contributed by atoms with Crippen molar-refractivity contribution >= 4 is 17.6 Å². The van der Waals surface area contributed by atoms with Crippen molar-refractivity contribution in [3.63, 3.8) is 0 Å². The molecule has 33 heavy (non-hydrogen) atoms. The molecule has 3 atom stereocenters. The number of carbonyl (C=O) groups excluding carboxylic acids is 2. The van der Waals surface area contributed by atoms with Crippen molar-refractivity contribution < 1.29 is 27.8 Å². The fourth-order valence-electron chi connectivity index (χ4n) is 4.43. The molecular weight excluding hydrogens is 432 g/mol. The normalized spacial score (nSPS) is 21.8. The molecule has 0 bridgehead atoms. The van der Waals surface area contributed by atoms with E-state index in [0.29, 0.717) is 30.2 Å². The summed E-state index contributed by atoms with van der Waals surface area (Å²) in [6.45, 7) is 0. The van der Waals surface area contributed by atoms with E-state index in [9.17, 15) is 18.4 Å². The maximum Gasteiger partial charge on any atom is 0.251 e. The van der Waals surface area contributed by atoms with E-state index in [-0.39, 0.29) is 29.5 Å². The lowest BCUT2D eigenvalue weighted by molar-refractivity contribution is -0.116. The molecule has 166 valence electrons. The molecule has 3 aliphatic rings. The summed E-state index contributed by atoms with van der Waals surface area (Å²) < 4.78 is 38.6. The van der Waals surface area contributed by atoms with Gasteiger partial charge in [0, 0.05) is 29.3 Å². The summed E-state index contributed by atoms with van der Waals surface area (Å²) in [5.41, 5.74) is 1.80. The molecule has 1 aromatic heterocycles. The standard InChI is InChI=1S/C24H17F2N3O4/c25-15-4-1-11(9-16(15)26)24(31)29-21-20-14-10-12(2-5-17(14)33-22(20)21)32-18-7-8-27-23-13(18)3-6-19(30)28-23/h1-2,4-5,7-10,20-22H,3,6H2,(H,29,31)(H,27,28,30)/t20-,21+,22-/m0/s1. The van der Waals surface area contributed by atoms with E-state index in [1.54, 1.807) is 18.3 Å². The number of carbonyl (C=O) groups is 2. The van der Waals surface area contributed by atoms with E-state index in [1.807, 2.05) is 12.1 Å². The van der Waals surface area contributed by atoms with Crippen molar-refractivity contribution in [2.45, 2.75) is 30.9 Å². The number of nitrogens with zero attached hydrogens (tertiary/aromatic N) is 1. The SMILES string of the molecule is O=C1CCc2c(Oc3ccc4c(c3)[C@H]3[C@@H](NC(=O)c5ccc(F)c(F)c5)[C@H]3O4)ccnc2N1. The van der Waals surface area contributed by atoms with E-state index in [4.69, 9.17) is 9.47 Å². The Balaban J connectivity index is 1.19. The number of anilines is 1. The zero-order chi connectivity index (χ0) is 22.7. The lowest BCUT2D eigenvalue weighted by atomic mass is 10.1. The topological polar surface area (TPSA) is 89.5 Å². The van der Waals surface area contributed by atoms with Crippen molar-refractivity contribution in [2.75, 3.05) is 5.32 Å². The number of pyridine rings is 1. The second-order valence-electron chi connectivity index (χ2n) is 8.22. The van der Waals surface area contributed by atoms with Crippen molar-refractivity contribution in [3.05, 3.63) is 77.0 Å². The van der Waals surface area contributed by atoms with Gasteiger partial charge in [0.05, 0.1) is 12.0 Å². The molecule has 9 heteroatoms. The minimum absolute atomic E-state index is 0.0470. The van der Waals surface area contributed by atoms with Crippen molar-refractivity contribution in [2.24, 2.45) is 0 Å². The molecule has 1 aliphatic carbocycles. The summed E-state index contributed by atoms with van der Waals surface area (Å²) in [5, 5.41) is 5.58. The molecule has 0 saturated heterocycles. The number of halogens is 2. The van der Waals surface area contributed by atoms with Crippen LogP contribution in [0.1, 0.15) is 33.8 Å². The Labute approximate surface area is 186 Å². The maximum atomic E-state index is 13.5. The number of rotatable bonds is 4. The minimum atomic E-state index is -1.07. The molecule has 6 rings (SSSR count). The molecule has 1 saturated carbocycles. The number of hydrogen-bond acceptors (Lipinski definition) is 5.